The van der Waals surface area contributed by atoms with Crippen LogP contribution in [0.15, 0.2) is 16.2 Å². The van der Waals surface area contributed by atoms with Crippen LogP contribution in [0.4, 0.5) is 0 Å². The van der Waals surface area contributed by atoms with Gasteiger partial charge in [0.05, 0.1) is 18.2 Å². The van der Waals surface area contributed by atoms with Crippen molar-refractivity contribution < 1.29 is 4.74 Å². The van der Waals surface area contributed by atoms with Crippen molar-refractivity contribution in [3.63, 3.8) is 0 Å². The van der Waals surface area contributed by atoms with Gasteiger partial charge in [-0.3, -0.25) is 4.79 Å². The largest absolute Gasteiger partial charge is 0.377 e. The lowest BCUT2D eigenvalue weighted by Crippen LogP contribution is -2.32. The zero-order valence-corrected chi connectivity index (χ0v) is 11.5. The molecule has 19 heavy (non-hydrogen) atoms. The summed E-state index contributed by atoms with van der Waals surface area (Å²) in [6, 6.07) is 1.88. The monoisotopic (exact) mass is 279 g/mol. The minimum Gasteiger partial charge on any atom is -0.377 e. The van der Waals surface area contributed by atoms with E-state index >= 15 is 0 Å². The molecule has 1 atom stereocenters. The number of nitrogens with one attached hydrogen (secondary N) is 2. The van der Waals surface area contributed by atoms with Gasteiger partial charge in [-0.15, -0.1) is 11.3 Å². The van der Waals surface area contributed by atoms with Crippen molar-refractivity contribution in [3.8, 4) is 0 Å². The van der Waals surface area contributed by atoms with E-state index in [-0.39, 0.29) is 5.56 Å². The summed E-state index contributed by atoms with van der Waals surface area (Å²) in [5.41, 5.74) is 0.727. The first kappa shape index (κ1) is 12.8. The van der Waals surface area contributed by atoms with Crippen LogP contribution in [0.25, 0.3) is 10.2 Å². The van der Waals surface area contributed by atoms with E-state index in [0.717, 1.165) is 25.1 Å². The van der Waals surface area contributed by atoms with Gasteiger partial charge in [0.2, 0.25) is 0 Å². The fourth-order valence-electron chi connectivity index (χ4n) is 2.33. The molecule has 0 saturated carbocycles. The molecule has 6 heteroatoms. The topological polar surface area (TPSA) is 67.0 Å². The molecular formula is C13H17N3O2S. The van der Waals surface area contributed by atoms with Crippen LogP contribution in [-0.2, 0) is 11.3 Å². The molecule has 0 aliphatic carbocycles. The van der Waals surface area contributed by atoms with Gasteiger partial charge in [0.1, 0.15) is 10.5 Å². The Balaban J connectivity index is 1.60. The molecule has 1 saturated heterocycles. The lowest BCUT2D eigenvalue weighted by Gasteiger charge is -2.22. The molecule has 2 aromatic heterocycles. The molecule has 1 fully saturated rings. The van der Waals surface area contributed by atoms with E-state index in [9.17, 15) is 4.79 Å². The predicted molar refractivity (Wildman–Crippen MR) is 75.5 cm³/mol. The van der Waals surface area contributed by atoms with Gasteiger partial charge in [0.25, 0.3) is 5.56 Å². The molecule has 102 valence electrons. The first-order valence-corrected chi connectivity index (χ1v) is 7.49. The number of nitrogens with zero attached hydrogens (tertiary/aromatic N) is 1. The third kappa shape index (κ3) is 3.02. The van der Waals surface area contributed by atoms with E-state index in [0.29, 0.717) is 23.2 Å². The normalized spacial score (nSPS) is 19.9. The van der Waals surface area contributed by atoms with Gasteiger partial charge in [-0.2, -0.15) is 0 Å². The second-order valence-electron chi connectivity index (χ2n) is 4.77. The van der Waals surface area contributed by atoms with Gasteiger partial charge in [0.15, 0.2) is 0 Å². The van der Waals surface area contributed by atoms with E-state index < -0.39 is 0 Å². The van der Waals surface area contributed by atoms with Crippen molar-refractivity contribution in [1.29, 1.82) is 0 Å². The van der Waals surface area contributed by atoms with Crippen LogP contribution in [0.1, 0.15) is 25.1 Å². The van der Waals surface area contributed by atoms with Crippen molar-refractivity contribution >= 4 is 21.6 Å². The Kier molecular flexibility index (Phi) is 3.91. The summed E-state index contributed by atoms with van der Waals surface area (Å²) < 4.78 is 6.34. The minimum absolute atomic E-state index is 0.0503. The maximum atomic E-state index is 11.8. The Morgan fingerprint density at radius 1 is 1.53 bits per heavy atom. The zero-order chi connectivity index (χ0) is 13.1. The Morgan fingerprint density at radius 2 is 2.47 bits per heavy atom. The summed E-state index contributed by atoms with van der Waals surface area (Å²) in [6.07, 6.45) is 3.81. The van der Waals surface area contributed by atoms with Gasteiger partial charge in [-0.05, 0) is 30.7 Å². The highest BCUT2D eigenvalue weighted by Crippen LogP contribution is 2.14. The van der Waals surface area contributed by atoms with E-state index in [4.69, 9.17) is 4.74 Å². The predicted octanol–water partition coefficient (Wildman–Crippen LogP) is 1.64. The lowest BCUT2D eigenvalue weighted by atomic mass is 10.1. The van der Waals surface area contributed by atoms with Gasteiger partial charge < -0.3 is 15.0 Å². The molecule has 5 nitrogen and oxygen atoms in total. The van der Waals surface area contributed by atoms with E-state index in [1.54, 1.807) is 0 Å². The fourth-order valence-corrected chi connectivity index (χ4v) is 3.05. The maximum absolute atomic E-state index is 11.8. The molecule has 0 spiro atoms. The standard InChI is InChI=1S/C13H17N3O2S/c17-13-12-10(4-6-19-12)15-11(16-13)8-14-7-9-3-1-2-5-18-9/h4,6,9,14H,1-3,5,7-8H2,(H,15,16,17). The zero-order valence-electron chi connectivity index (χ0n) is 10.6. The molecule has 1 unspecified atom stereocenters. The minimum atomic E-state index is -0.0503. The highest BCUT2D eigenvalue weighted by Gasteiger charge is 2.13. The van der Waals surface area contributed by atoms with E-state index in [1.807, 2.05) is 11.4 Å². The molecule has 3 heterocycles. The van der Waals surface area contributed by atoms with Crippen LogP contribution in [0.5, 0.6) is 0 Å². The number of H-pyrrole nitrogens is 1. The van der Waals surface area contributed by atoms with Crippen LogP contribution in [0, 0.1) is 0 Å². The number of aromatic amines is 1. The molecule has 1 aliphatic rings. The van der Waals surface area contributed by atoms with Gasteiger partial charge >= 0.3 is 0 Å². The van der Waals surface area contributed by atoms with Crippen molar-refractivity contribution in [1.82, 2.24) is 15.3 Å². The van der Waals surface area contributed by atoms with Crippen molar-refractivity contribution in [3.05, 3.63) is 27.6 Å². The summed E-state index contributed by atoms with van der Waals surface area (Å²) in [5, 5.41) is 5.19. The Hall–Kier alpha value is -1.24. The van der Waals surface area contributed by atoms with Crippen molar-refractivity contribution in [2.75, 3.05) is 13.2 Å². The quantitative estimate of drug-likeness (QED) is 0.893. The highest BCUT2D eigenvalue weighted by atomic mass is 32.1. The number of hydrogen-bond acceptors (Lipinski definition) is 5. The van der Waals surface area contributed by atoms with Crippen molar-refractivity contribution in [2.24, 2.45) is 0 Å². The number of fused-ring (bicyclic) bond motifs is 1. The molecule has 1 aliphatic heterocycles. The third-order valence-corrected chi connectivity index (χ3v) is 4.20. The summed E-state index contributed by atoms with van der Waals surface area (Å²) in [7, 11) is 0. The molecule has 0 bridgehead atoms. The smallest absolute Gasteiger partial charge is 0.268 e. The summed E-state index contributed by atoms with van der Waals surface area (Å²) in [5.74, 6) is 0.687. The van der Waals surface area contributed by atoms with Crippen LogP contribution >= 0.6 is 11.3 Å². The number of thiophene rings is 1. The van der Waals surface area contributed by atoms with Crippen LogP contribution < -0.4 is 10.9 Å². The molecule has 3 rings (SSSR count). The fraction of sp³-hybridized carbons (Fsp3) is 0.538. The molecule has 2 N–H and O–H groups in total. The number of ether oxygens (including phenoxy) is 1. The lowest BCUT2D eigenvalue weighted by molar-refractivity contribution is 0.0167. The first-order valence-electron chi connectivity index (χ1n) is 6.61. The molecule has 0 amide bonds. The molecule has 0 aromatic carbocycles. The van der Waals surface area contributed by atoms with Crippen molar-refractivity contribution in [2.45, 2.75) is 31.9 Å². The Morgan fingerprint density at radius 3 is 3.32 bits per heavy atom. The van der Waals surface area contributed by atoms with Gasteiger partial charge in [-0.25, -0.2) is 4.98 Å². The third-order valence-electron chi connectivity index (χ3n) is 3.30. The van der Waals surface area contributed by atoms with Gasteiger partial charge in [-0.1, -0.05) is 0 Å². The first-order chi connectivity index (χ1) is 9.33. The average Bonchev–Trinajstić information content (AvgIpc) is 2.89. The Labute approximate surface area is 115 Å². The SMILES string of the molecule is O=c1[nH]c(CNCC2CCCCO2)nc2ccsc12. The van der Waals surface area contributed by atoms with E-state index in [1.165, 1.54) is 24.2 Å². The second kappa shape index (κ2) is 5.81. The van der Waals surface area contributed by atoms with Crippen LogP contribution in [0.2, 0.25) is 0 Å². The highest BCUT2D eigenvalue weighted by molar-refractivity contribution is 7.17. The van der Waals surface area contributed by atoms with Crippen LogP contribution in [-0.4, -0.2) is 29.2 Å². The average molecular weight is 279 g/mol. The summed E-state index contributed by atoms with van der Waals surface area (Å²) in [6.45, 7) is 2.24. The summed E-state index contributed by atoms with van der Waals surface area (Å²) in [4.78, 5) is 19.0. The molecule has 0 radical (unpaired) electrons. The maximum Gasteiger partial charge on any atom is 0.268 e. The molecule has 2 aromatic rings. The van der Waals surface area contributed by atoms with Gasteiger partial charge in [0, 0.05) is 13.2 Å². The van der Waals surface area contributed by atoms with E-state index in [2.05, 4.69) is 15.3 Å². The Bertz CT molecular complexity index is 601. The summed E-state index contributed by atoms with van der Waals surface area (Å²) >= 11 is 1.42. The number of rotatable bonds is 4. The van der Waals surface area contributed by atoms with Crippen LogP contribution in [0.3, 0.4) is 0 Å². The number of aromatic nitrogens is 2. The number of hydrogen-bond donors (Lipinski definition) is 2. The second-order valence-corrected chi connectivity index (χ2v) is 5.68. The molecular weight excluding hydrogens is 262 g/mol.